The van der Waals surface area contributed by atoms with Gasteiger partial charge < -0.3 is 28.4 Å². The van der Waals surface area contributed by atoms with Gasteiger partial charge in [0.2, 0.25) is 0 Å². The highest BCUT2D eigenvalue weighted by Gasteiger charge is 2.69. The average Bonchev–Trinajstić information content (AvgIpc) is 2.79. The SMILES string of the molecule is CCCCOC1(OC(C)C)OCC(OC)C1(OCC)OCCC. The highest BCUT2D eigenvalue weighted by Crippen LogP contribution is 2.44. The topological polar surface area (TPSA) is 55.4 Å². The van der Waals surface area contributed by atoms with Crippen LogP contribution in [0.4, 0.5) is 0 Å². The van der Waals surface area contributed by atoms with E-state index in [0.717, 1.165) is 19.3 Å². The van der Waals surface area contributed by atoms with Crippen LogP contribution in [-0.2, 0) is 28.4 Å². The first kappa shape index (κ1) is 20.8. The summed E-state index contributed by atoms with van der Waals surface area (Å²) in [5.41, 5.74) is 0. The predicted molar refractivity (Wildman–Crippen MR) is 87.2 cm³/mol. The smallest absolute Gasteiger partial charge is 0.343 e. The van der Waals surface area contributed by atoms with E-state index in [1.54, 1.807) is 7.11 Å². The van der Waals surface area contributed by atoms with Gasteiger partial charge in [-0.2, -0.15) is 0 Å². The Labute approximate surface area is 140 Å². The van der Waals surface area contributed by atoms with Crippen LogP contribution >= 0.6 is 0 Å². The molecule has 0 aromatic rings. The molecule has 3 unspecified atom stereocenters. The maximum Gasteiger partial charge on any atom is 0.343 e. The first-order valence-corrected chi connectivity index (χ1v) is 8.78. The fraction of sp³-hybridized carbons (Fsp3) is 1.00. The summed E-state index contributed by atoms with van der Waals surface area (Å²) >= 11 is 0. The highest BCUT2D eigenvalue weighted by atomic mass is 16.9. The lowest BCUT2D eigenvalue weighted by Gasteiger charge is -2.44. The van der Waals surface area contributed by atoms with Crippen LogP contribution in [0.3, 0.4) is 0 Å². The third kappa shape index (κ3) is 4.65. The summed E-state index contributed by atoms with van der Waals surface area (Å²) in [5.74, 6) is -2.65. The van der Waals surface area contributed by atoms with Gasteiger partial charge in [0, 0.05) is 13.7 Å². The van der Waals surface area contributed by atoms with Crippen LogP contribution in [0.15, 0.2) is 0 Å². The Hall–Kier alpha value is -0.240. The van der Waals surface area contributed by atoms with Gasteiger partial charge in [-0.3, -0.25) is 0 Å². The van der Waals surface area contributed by atoms with Gasteiger partial charge in [0.05, 0.1) is 25.9 Å². The molecular weight excluding hydrogens is 300 g/mol. The van der Waals surface area contributed by atoms with E-state index in [9.17, 15) is 0 Å². The van der Waals surface area contributed by atoms with Gasteiger partial charge >= 0.3 is 5.97 Å². The molecule has 1 rings (SSSR count). The van der Waals surface area contributed by atoms with Gasteiger partial charge in [0.15, 0.2) is 0 Å². The number of hydrogen-bond donors (Lipinski definition) is 0. The molecule has 1 heterocycles. The van der Waals surface area contributed by atoms with E-state index in [1.165, 1.54) is 0 Å². The first-order valence-electron chi connectivity index (χ1n) is 8.78. The van der Waals surface area contributed by atoms with E-state index < -0.39 is 17.9 Å². The molecule has 6 nitrogen and oxygen atoms in total. The van der Waals surface area contributed by atoms with Crippen LogP contribution in [0, 0.1) is 0 Å². The second kappa shape index (κ2) is 9.91. The van der Waals surface area contributed by atoms with Crippen LogP contribution in [0.1, 0.15) is 53.9 Å². The molecule has 0 aromatic heterocycles. The summed E-state index contributed by atoms with van der Waals surface area (Å²) in [6, 6.07) is 0. The van der Waals surface area contributed by atoms with Gasteiger partial charge in [-0.1, -0.05) is 20.3 Å². The minimum absolute atomic E-state index is 0.114. The van der Waals surface area contributed by atoms with Gasteiger partial charge in [-0.05, 0) is 33.6 Å². The fourth-order valence-corrected chi connectivity index (χ4v) is 2.64. The largest absolute Gasteiger partial charge is 0.373 e. The lowest BCUT2D eigenvalue weighted by Crippen LogP contribution is -2.64. The molecule has 0 radical (unpaired) electrons. The zero-order valence-electron chi connectivity index (χ0n) is 15.6. The van der Waals surface area contributed by atoms with Crippen molar-refractivity contribution in [3.05, 3.63) is 0 Å². The summed E-state index contributed by atoms with van der Waals surface area (Å²) in [7, 11) is 1.62. The molecule has 138 valence electrons. The Morgan fingerprint density at radius 1 is 1.04 bits per heavy atom. The lowest BCUT2D eigenvalue weighted by atomic mass is 10.1. The summed E-state index contributed by atoms with van der Waals surface area (Å²) in [5, 5.41) is 0. The average molecular weight is 334 g/mol. The van der Waals surface area contributed by atoms with Gasteiger partial charge in [0.25, 0.3) is 5.79 Å². The van der Waals surface area contributed by atoms with Crippen molar-refractivity contribution in [2.45, 2.75) is 77.8 Å². The van der Waals surface area contributed by atoms with Crippen LogP contribution in [0.2, 0.25) is 0 Å². The molecule has 1 fully saturated rings. The van der Waals surface area contributed by atoms with Crippen molar-refractivity contribution >= 4 is 0 Å². The highest BCUT2D eigenvalue weighted by molar-refractivity contribution is 4.97. The summed E-state index contributed by atoms with van der Waals surface area (Å²) in [6.07, 6.45) is 2.23. The molecule has 6 heteroatoms. The van der Waals surface area contributed by atoms with Crippen molar-refractivity contribution in [3.8, 4) is 0 Å². The Kier molecular flexibility index (Phi) is 8.97. The quantitative estimate of drug-likeness (QED) is 0.404. The molecule has 0 aromatic carbocycles. The second-order valence-electron chi connectivity index (χ2n) is 5.91. The fourth-order valence-electron chi connectivity index (χ4n) is 2.64. The summed E-state index contributed by atoms with van der Waals surface area (Å²) in [4.78, 5) is 0. The predicted octanol–water partition coefficient (Wildman–Crippen LogP) is 3.09. The Bertz CT molecular complexity index is 324. The Morgan fingerprint density at radius 3 is 2.30 bits per heavy atom. The van der Waals surface area contributed by atoms with E-state index >= 15 is 0 Å². The molecule has 0 bridgehead atoms. The molecule has 1 saturated heterocycles. The maximum absolute atomic E-state index is 6.11. The molecule has 0 spiro atoms. The van der Waals surface area contributed by atoms with Gasteiger partial charge in [-0.15, -0.1) is 0 Å². The third-order valence-electron chi connectivity index (χ3n) is 3.62. The molecule has 1 aliphatic heterocycles. The summed E-state index contributed by atoms with van der Waals surface area (Å²) in [6.45, 7) is 11.7. The van der Waals surface area contributed by atoms with Crippen molar-refractivity contribution in [2.75, 3.05) is 33.5 Å². The van der Waals surface area contributed by atoms with Crippen LogP contribution < -0.4 is 0 Å². The normalized spacial score (nSPS) is 31.2. The van der Waals surface area contributed by atoms with E-state index in [0.29, 0.717) is 26.4 Å². The summed E-state index contributed by atoms with van der Waals surface area (Å²) < 4.78 is 35.8. The molecule has 23 heavy (non-hydrogen) atoms. The molecule has 3 atom stereocenters. The zero-order valence-corrected chi connectivity index (χ0v) is 15.6. The Balaban J connectivity index is 3.17. The number of unbranched alkanes of at least 4 members (excludes halogenated alkanes) is 1. The van der Waals surface area contributed by atoms with E-state index in [1.807, 2.05) is 27.7 Å². The number of rotatable bonds is 12. The van der Waals surface area contributed by atoms with Crippen molar-refractivity contribution in [1.82, 2.24) is 0 Å². The molecule has 0 amide bonds. The van der Waals surface area contributed by atoms with Crippen LogP contribution in [0.25, 0.3) is 0 Å². The van der Waals surface area contributed by atoms with Gasteiger partial charge in [0.1, 0.15) is 6.10 Å². The van der Waals surface area contributed by atoms with Crippen LogP contribution in [0.5, 0.6) is 0 Å². The minimum atomic E-state index is -1.41. The molecule has 0 aliphatic carbocycles. The molecule has 0 saturated carbocycles. The van der Waals surface area contributed by atoms with E-state index in [-0.39, 0.29) is 6.10 Å². The molecule has 1 aliphatic rings. The number of hydrogen-bond acceptors (Lipinski definition) is 6. The molecular formula is C17H34O6. The standard InChI is InChI=1S/C17H34O6/c1-7-10-12-21-17(23-14(4)5)16(19-9-3,20-11-8-2)15(18-6)13-22-17/h14-15H,7-13H2,1-6H3. The third-order valence-corrected chi connectivity index (χ3v) is 3.62. The minimum Gasteiger partial charge on any atom is -0.373 e. The monoisotopic (exact) mass is 334 g/mol. The molecule has 0 N–H and O–H groups in total. The Morgan fingerprint density at radius 2 is 1.78 bits per heavy atom. The maximum atomic E-state index is 6.11. The second-order valence-corrected chi connectivity index (χ2v) is 5.91. The van der Waals surface area contributed by atoms with Crippen molar-refractivity contribution in [2.24, 2.45) is 0 Å². The van der Waals surface area contributed by atoms with Crippen molar-refractivity contribution in [3.63, 3.8) is 0 Å². The van der Waals surface area contributed by atoms with Crippen molar-refractivity contribution < 1.29 is 28.4 Å². The van der Waals surface area contributed by atoms with E-state index in [4.69, 9.17) is 28.4 Å². The first-order chi connectivity index (χ1) is 11.0. The number of methoxy groups -OCH3 is 1. The zero-order chi connectivity index (χ0) is 17.3. The van der Waals surface area contributed by atoms with E-state index in [2.05, 4.69) is 6.92 Å². The number of ether oxygens (including phenoxy) is 6. The lowest BCUT2D eigenvalue weighted by molar-refractivity contribution is -0.481. The van der Waals surface area contributed by atoms with Crippen LogP contribution in [-0.4, -0.2) is 57.5 Å². The van der Waals surface area contributed by atoms with Crippen molar-refractivity contribution in [1.29, 1.82) is 0 Å². The van der Waals surface area contributed by atoms with Gasteiger partial charge in [-0.25, -0.2) is 0 Å².